The summed E-state index contributed by atoms with van der Waals surface area (Å²) >= 11 is 7.89. The molecule has 4 heteroatoms. The van der Waals surface area contributed by atoms with Crippen LogP contribution in [0.25, 0.3) is 0 Å². The van der Waals surface area contributed by atoms with Crippen molar-refractivity contribution in [2.45, 2.75) is 31.4 Å². The first-order chi connectivity index (χ1) is 8.62. The van der Waals surface area contributed by atoms with Crippen molar-refractivity contribution in [3.8, 4) is 6.07 Å². The molecule has 98 valence electrons. The first-order valence-corrected chi connectivity index (χ1v) is 7.70. The summed E-state index contributed by atoms with van der Waals surface area (Å²) in [5.74, 6) is 0. The van der Waals surface area contributed by atoms with Crippen LogP contribution < -0.4 is 5.32 Å². The normalized spacial score (nSPS) is 11.1. The molecule has 18 heavy (non-hydrogen) atoms. The van der Waals surface area contributed by atoms with Crippen molar-refractivity contribution in [2.75, 3.05) is 18.1 Å². The van der Waals surface area contributed by atoms with Crippen LogP contribution in [0.15, 0.2) is 18.2 Å². The SMILES string of the molecule is CCC(CC)(CNc1cccc(Cl)c1C#N)SC. The van der Waals surface area contributed by atoms with Crippen LogP contribution in [0, 0.1) is 11.3 Å². The Bertz CT molecular complexity index is 428. The average Bonchev–Trinajstić information content (AvgIpc) is 2.41. The van der Waals surface area contributed by atoms with E-state index in [0.29, 0.717) is 10.6 Å². The summed E-state index contributed by atoms with van der Waals surface area (Å²) in [5.41, 5.74) is 1.35. The lowest BCUT2D eigenvalue weighted by atomic mass is 10.0. The molecule has 0 amide bonds. The second-order valence-electron chi connectivity index (χ2n) is 4.22. The molecule has 1 aromatic carbocycles. The second-order valence-corrected chi connectivity index (χ2v) is 5.90. The van der Waals surface area contributed by atoms with Gasteiger partial charge in [0, 0.05) is 11.3 Å². The molecule has 1 aromatic rings. The Morgan fingerprint density at radius 3 is 2.56 bits per heavy atom. The summed E-state index contributed by atoms with van der Waals surface area (Å²) in [5, 5.41) is 13.0. The van der Waals surface area contributed by atoms with E-state index in [1.165, 1.54) is 0 Å². The van der Waals surface area contributed by atoms with Crippen LogP contribution in [0.1, 0.15) is 32.3 Å². The maximum atomic E-state index is 9.12. The third-order valence-electron chi connectivity index (χ3n) is 3.45. The highest BCUT2D eigenvalue weighted by molar-refractivity contribution is 8.00. The smallest absolute Gasteiger partial charge is 0.103 e. The van der Waals surface area contributed by atoms with Gasteiger partial charge in [-0.05, 0) is 31.2 Å². The van der Waals surface area contributed by atoms with E-state index in [0.717, 1.165) is 25.1 Å². The van der Waals surface area contributed by atoms with Gasteiger partial charge in [-0.3, -0.25) is 0 Å². The van der Waals surface area contributed by atoms with E-state index in [-0.39, 0.29) is 4.75 Å². The molecule has 0 unspecified atom stereocenters. The van der Waals surface area contributed by atoms with E-state index < -0.39 is 0 Å². The number of nitrogens with one attached hydrogen (secondary N) is 1. The molecule has 0 radical (unpaired) electrons. The molecule has 0 atom stereocenters. The van der Waals surface area contributed by atoms with E-state index in [1.807, 2.05) is 23.9 Å². The van der Waals surface area contributed by atoms with Crippen LogP contribution in [0.3, 0.4) is 0 Å². The third-order valence-corrected chi connectivity index (χ3v) is 5.35. The zero-order valence-electron chi connectivity index (χ0n) is 11.1. The van der Waals surface area contributed by atoms with E-state index in [9.17, 15) is 0 Å². The number of benzene rings is 1. The van der Waals surface area contributed by atoms with Gasteiger partial charge in [0.1, 0.15) is 6.07 Å². The van der Waals surface area contributed by atoms with Gasteiger partial charge in [-0.2, -0.15) is 17.0 Å². The zero-order valence-corrected chi connectivity index (χ0v) is 12.7. The molecule has 0 spiro atoms. The highest BCUT2D eigenvalue weighted by Gasteiger charge is 2.24. The largest absolute Gasteiger partial charge is 0.383 e. The second kappa shape index (κ2) is 6.92. The highest BCUT2D eigenvalue weighted by Crippen LogP contribution is 2.32. The molecule has 1 rings (SSSR count). The van der Waals surface area contributed by atoms with Gasteiger partial charge in [-0.25, -0.2) is 0 Å². The van der Waals surface area contributed by atoms with Gasteiger partial charge in [0.25, 0.3) is 0 Å². The lowest BCUT2D eigenvalue weighted by Crippen LogP contribution is -2.32. The van der Waals surface area contributed by atoms with Gasteiger partial charge in [0.15, 0.2) is 0 Å². The van der Waals surface area contributed by atoms with Gasteiger partial charge >= 0.3 is 0 Å². The minimum Gasteiger partial charge on any atom is -0.383 e. The Morgan fingerprint density at radius 2 is 2.06 bits per heavy atom. The number of nitrogens with zero attached hydrogens (tertiary/aromatic N) is 1. The average molecular weight is 283 g/mol. The summed E-state index contributed by atoms with van der Waals surface area (Å²) in [4.78, 5) is 0. The van der Waals surface area contributed by atoms with Gasteiger partial charge in [-0.1, -0.05) is 31.5 Å². The number of rotatable bonds is 6. The fourth-order valence-electron chi connectivity index (χ4n) is 1.90. The predicted octanol–water partition coefficient (Wildman–Crippen LogP) is 4.55. The molecule has 0 aromatic heterocycles. The van der Waals surface area contributed by atoms with Crippen molar-refractivity contribution in [1.29, 1.82) is 5.26 Å². The van der Waals surface area contributed by atoms with Crippen LogP contribution >= 0.6 is 23.4 Å². The number of hydrogen-bond donors (Lipinski definition) is 1. The van der Waals surface area contributed by atoms with Crippen molar-refractivity contribution < 1.29 is 0 Å². The number of hydrogen-bond acceptors (Lipinski definition) is 3. The van der Waals surface area contributed by atoms with Gasteiger partial charge in [-0.15, -0.1) is 0 Å². The van der Waals surface area contributed by atoms with Gasteiger partial charge in [0.2, 0.25) is 0 Å². The van der Waals surface area contributed by atoms with E-state index in [2.05, 4.69) is 31.5 Å². The maximum absolute atomic E-state index is 9.12. The quantitative estimate of drug-likeness (QED) is 0.832. The molecule has 2 nitrogen and oxygen atoms in total. The van der Waals surface area contributed by atoms with Crippen LogP contribution in [0.5, 0.6) is 0 Å². The highest BCUT2D eigenvalue weighted by atomic mass is 35.5. The van der Waals surface area contributed by atoms with Crippen LogP contribution in [0.4, 0.5) is 5.69 Å². The molecule has 0 fully saturated rings. The van der Waals surface area contributed by atoms with Crippen molar-refractivity contribution >= 4 is 29.1 Å². The monoisotopic (exact) mass is 282 g/mol. The van der Waals surface area contributed by atoms with Gasteiger partial charge in [0.05, 0.1) is 16.3 Å². The van der Waals surface area contributed by atoms with Crippen LogP contribution in [-0.2, 0) is 0 Å². The minimum atomic E-state index is 0.217. The molecule has 0 saturated heterocycles. The Hall–Kier alpha value is -0.850. The van der Waals surface area contributed by atoms with Crippen LogP contribution in [-0.4, -0.2) is 17.5 Å². The van der Waals surface area contributed by atoms with E-state index >= 15 is 0 Å². The molecular weight excluding hydrogens is 264 g/mol. The number of thioether (sulfide) groups is 1. The standard InChI is InChI=1S/C14H19ClN2S/c1-4-14(5-2,18-3)10-17-13-8-6-7-12(15)11(13)9-16/h6-8,17H,4-5,10H2,1-3H3. The van der Waals surface area contributed by atoms with Gasteiger partial charge < -0.3 is 5.32 Å². The third kappa shape index (κ3) is 3.34. The van der Waals surface area contributed by atoms with Crippen molar-refractivity contribution in [1.82, 2.24) is 0 Å². The molecule has 0 aliphatic carbocycles. The molecule has 1 N–H and O–H groups in total. The molecular formula is C14H19ClN2S. The first kappa shape index (κ1) is 15.2. The number of nitriles is 1. The lowest BCUT2D eigenvalue weighted by Gasteiger charge is -2.30. The molecule has 0 aliphatic rings. The lowest BCUT2D eigenvalue weighted by molar-refractivity contribution is 0.574. The summed E-state index contributed by atoms with van der Waals surface area (Å²) in [6, 6.07) is 7.66. The number of halogens is 1. The topological polar surface area (TPSA) is 35.8 Å². The zero-order chi connectivity index (χ0) is 13.6. The summed E-state index contributed by atoms with van der Waals surface area (Å²) in [6.07, 6.45) is 4.33. The molecule has 0 heterocycles. The fraction of sp³-hybridized carbons (Fsp3) is 0.500. The van der Waals surface area contributed by atoms with Crippen LogP contribution in [0.2, 0.25) is 5.02 Å². The van der Waals surface area contributed by atoms with E-state index in [4.69, 9.17) is 16.9 Å². The van der Waals surface area contributed by atoms with Crippen molar-refractivity contribution in [3.05, 3.63) is 28.8 Å². The fourth-order valence-corrected chi connectivity index (χ4v) is 2.91. The number of anilines is 1. The Morgan fingerprint density at radius 1 is 1.39 bits per heavy atom. The summed E-state index contributed by atoms with van der Waals surface area (Å²) < 4.78 is 0.217. The van der Waals surface area contributed by atoms with E-state index in [1.54, 1.807) is 6.07 Å². The summed E-state index contributed by atoms with van der Waals surface area (Å²) in [7, 11) is 0. The first-order valence-electron chi connectivity index (χ1n) is 6.10. The molecule has 0 bridgehead atoms. The Labute approximate surface area is 119 Å². The maximum Gasteiger partial charge on any atom is 0.103 e. The minimum absolute atomic E-state index is 0.217. The van der Waals surface area contributed by atoms with Crippen molar-refractivity contribution in [2.24, 2.45) is 0 Å². The summed E-state index contributed by atoms with van der Waals surface area (Å²) in [6.45, 7) is 5.24. The molecule has 0 saturated carbocycles. The Balaban J connectivity index is 2.87. The predicted molar refractivity (Wildman–Crippen MR) is 81.5 cm³/mol. The molecule has 0 aliphatic heterocycles. The Kier molecular flexibility index (Phi) is 5.84. The van der Waals surface area contributed by atoms with Crippen molar-refractivity contribution in [3.63, 3.8) is 0 Å².